The number of ether oxygens (including phenoxy) is 4. The van der Waals surface area contributed by atoms with Crippen molar-refractivity contribution < 1.29 is 96.4 Å². The molecular formula is C77H92O20Si4. The summed E-state index contributed by atoms with van der Waals surface area (Å²) in [5.41, 5.74) is 18.3. The highest BCUT2D eigenvalue weighted by molar-refractivity contribution is 6.84. The Morgan fingerprint density at radius 3 is 0.644 bits per heavy atom. The number of benzene rings is 4. The first-order chi connectivity index (χ1) is 48.6. The Morgan fingerprint density at radius 1 is 0.297 bits per heavy atom. The third-order valence-electron chi connectivity index (χ3n) is 20.5. The summed E-state index contributed by atoms with van der Waals surface area (Å²) < 4.78 is 23.5. The van der Waals surface area contributed by atoms with Crippen LogP contribution in [-0.2, 0) is 58.0 Å². The van der Waals surface area contributed by atoms with Crippen LogP contribution >= 0.6 is 0 Å². The zero-order valence-corrected chi connectivity index (χ0v) is 62.7. The Kier molecular flexibility index (Phi) is 28.2. The molecule has 0 N–H and O–H groups in total. The van der Waals surface area contributed by atoms with Crippen molar-refractivity contribution in [3.63, 3.8) is 0 Å². The normalized spacial score (nSPS) is 20.9. The van der Waals surface area contributed by atoms with Gasteiger partial charge in [0.15, 0.2) is 0 Å². The predicted molar refractivity (Wildman–Crippen MR) is 391 cm³/mol. The van der Waals surface area contributed by atoms with Gasteiger partial charge in [0, 0.05) is 0 Å². The van der Waals surface area contributed by atoms with Gasteiger partial charge in [-0.3, -0.25) is 0 Å². The summed E-state index contributed by atoms with van der Waals surface area (Å²) >= 11 is 0. The number of hydrogen-bond donors (Lipinski definition) is 0. The van der Waals surface area contributed by atoms with Crippen LogP contribution in [0.3, 0.4) is 0 Å². The molecule has 0 spiro atoms. The number of carbonyl (C=O) groups excluding carboxylic acids is 8. The molecule has 8 rings (SSSR count). The van der Waals surface area contributed by atoms with Crippen molar-refractivity contribution in [3.05, 3.63) is 216 Å². The van der Waals surface area contributed by atoms with Crippen molar-refractivity contribution in [2.75, 3.05) is 0 Å². The second-order valence-corrected chi connectivity index (χ2v) is 37.0. The lowest BCUT2D eigenvalue weighted by molar-refractivity contribution is -0.213. The quantitative estimate of drug-likeness (QED) is 0.0208. The minimum Gasteiger partial charge on any atom is -0.428 e. The summed E-state index contributed by atoms with van der Waals surface area (Å²) in [6.45, 7) is 39.0. The van der Waals surface area contributed by atoms with E-state index in [0.29, 0.717) is 123 Å². The summed E-state index contributed by atoms with van der Waals surface area (Å²) in [6, 6.07) is 21.0. The van der Waals surface area contributed by atoms with Crippen LogP contribution in [0.2, 0.25) is 0 Å². The van der Waals surface area contributed by atoms with E-state index in [1.54, 1.807) is 94.1 Å². The van der Waals surface area contributed by atoms with Crippen LogP contribution < -0.4 is 20.7 Å². The fourth-order valence-corrected chi connectivity index (χ4v) is 22.7. The van der Waals surface area contributed by atoms with Crippen molar-refractivity contribution in [2.24, 2.45) is 29.1 Å². The molecule has 0 heterocycles. The highest BCUT2D eigenvalue weighted by Gasteiger charge is 2.57. The van der Waals surface area contributed by atoms with Gasteiger partial charge < -0.3 is 18.9 Å². The lowest BCUT2D eigenvalue weighted by Gasteiger charge is -2.60. The Balaban J connectivity index is 1.01. The largest absolute Gasteiger partial charge is 0.550 e. The Hall–Kier alpha value is -9.37. The van der Waals surface area contributed by atoms with Gasteiger partial charge in [-0.15, -0.1) is 52.6 Å². The fourth-order valence-electron chi connectivity index (χ4n) is 15.8. The summed E-state index contributed by atoms with van der Waals surface area (Å²) in [6.07, 6.45) is 1.04. The van der Waals surface area contributed by atoms with Gasteiger partial charge in [-0.05, 0) is 205 Å². The summed E-state index contributed by atoms with van der Waals surface area (Å²) in [7, 11) is -7.90. The van der Waals surface area contributed by atoms with E-state index >= 15 is 0 Å². The van der Waals surface area contributed by atoms with Gasteiger partial charge in [-0.2, -0.15) is 19.2 Å². The third-order valence-corrected chi connectivity index (χ3v) is 29.3. The molecule has 0 radical (unpaired) electrons. The molecule has 0 bridgehead atoms. The molecule has 0 aliphatic heterocycles. The van der Waals surface area contributed by atoms with Gasteiger partial charge in [-0.25, -0.2) is 58.3 Å². The number of rotatable bonds is 24. The van der Waals surface area contributed by atoms with Crippen LogP contribution in [0, 0.1) is 56.8 Å². The standard InChI is InChI=1S/C77H92O20Si4/c1-13-98(14-2)65-45-49(9)21-41-61(65)69(78)90-94-73(82)86-57-33-25-53(26-34-57)77(54-27-35-58(36-28-54)87-74(83)95-91-70(79)62-42-22-50(10)46-66(62)99(15-3)16-4,55-29-37-59(38-30-55)88-75(84)96-92-71(80)63-43-23-51(11)47-67(63)100(17-5)18-6)56-31-39-60(40-32-56)89-76(85)97-93-72(81)64-44-24-52(12)48-68(64)101(19-7)20-8/h13-24,41-48,53-60,98-101H,1-8,25-40H2,9-12H3. The molecule has 101 heavy (non-hydrogen) atoms. The average Bonchev–Trinajstić information content (AvgIpc) is 0.732. The second-order valence-electron chi connectivity index (χ2n) is 26.5. The van der Waals surface area contributed by atoms with Gasteiger partial charge in [0.05, 0.1) is 22.3 Å². The van der Waals surface area contributed by atoms with Crippen molar-refractivity contribution in [1.29, 1.82) is 0 Å². The minimum absolute atomic E-state index is 0.00182. The van der Waals surface area contributed by atoms with E-state index in [0.717, 1.165) is 22.3 Å². The highest BCUT2D eigenvalue weighted by atomic mass is 28.3. The number of carbonyl (C=O) groups is 8. The second kappa shape index (κ2) is 36.8. The van der Waals surface area contributed by atoms with Gasteiger partial charge >= 0.3 is 48.5 Å². The molecule has 4 aromatic rings. The van der Waals surface area contributed by atoms with E-state index in [1.807, 2.05) is 52.0 Å². The molecule has 0 unspecified atom stereocenters. The van der Waals surface area contributed by atoms with E-state index in [2.05, 4.69) is 52.6 Å². The van der Waals surface area contributed by atoms with Crippen LogP contribution in [0.5, 0.6) is 0 Å². The van der Waals surface area contributed by atoms with E-state index < -0.39 is 114 Å². The van der Waals surface area contributed by atoms with E-state index in [9.17, 15) is 38.4 Å². The fraction of sp³-hybridized carbons (Fsp3) is 0.377. The maximum atomic E-state index is 13.4. The molecule has 536 valence electrons. The summed E-state index contributed by atoms with van der Waals surface area (Å²) in [5, 5.41) is 2.85. The minimum atomic E-state index is -1.98. The van der Waals surface area contributed by atoms with Crippen molar-refractivity contribution in [3.8, 4) is 0 Å². The molecule has 20 nitrogen and oxygen atoms in total. The first-order valence-corrected chi connectivity index (χ1v) is 42.1. The van der Waals surface area contributed by atoms with Crippen molar-refractivity contribution in [2.45, 2.75) is 155 Å². The Morgan fingerprint density at radius 2 is 0.475 bits per heavy atom. The highest BCUT2D eigenvalue weighted by Crippen LogP contribution is 2.63. The van der Waals surface area contributed by atoms with Crippen molar-refractivity contribution >= 4 is 104 Å². The molecule has 4 saturated carbocycles. The molecule has 4 aliphatic rings. The molecule has 4 aliphatic carbocycles. The molecule has 0 aromatic heterocycles. The van der Waals surface area contributed by atoms with Crippen LogP contribution in [0.15, 0.2) is 171 Å². The molecule has 4 fully saturated rings. The molecular weight excluding hydrogens is 1360 g/mol. The van der Waals surface area contributed by atoms with Crippen LogP contribution in [0.4, 0.5) is 19.2 Å². The third kappa shape index (κ3) is 19.6. The van der Waals surface area contributed by atoms with Gasteiger partial charge in [-0.1, -0.05) is 116 Å². The van der Waals surface area contributed by atoms with Gasteiger partial charge in [0.25, 0.3) is 0 Å². The number of hydrogen-bond acceptors (Lipinski definition) is 20. The van der Waals surface area contributed by atoms with E-state index in [4.69, 9.17) is 58.0 Å². The van der Waals surface area contributed by atoms with Crippen LogP contribution in [-0.4, -0.2) is 108 Å². The molecule has 0 atom stereocenters. The zero-order valence-electron chi connectivity index (χ0n) is 58.1. The average molecular weight is 1450 g/mol. The SMILES string of the molecule is C=C[SiH](C=C)c1cc(C)ccc1C(=O)OOC(=O)OC1CCC(C(C2CCC(OC(=O)OOC(=O)c3ccc(C)cc3[SiH](C=C)C=C)CC2)(C2CCC(OC(=O)OOC(=O)c3ccc(C)cc3[SiH](C=C)C=C)CC2)C2CCC(OC(=O)OOC(=O)c3ccc(C)cc3[SiH](C=C)C=C)CC2)CC1. The van der Waals surface area contributed by atoms with E-state index in [-0.39, 0.29) is 45.9 Å². The smallest absolute Gasteiger partial charge is 0.428 e. The number of aryl methyl sites for hydroxylation is 4. The summed E-state index contributed by atoms with van der Waals surface area (Å²) in [4.78, 5) is 148. The zero-order chi connectivity index (χ0) is 72.9. The first-order valence-electron chi connectivity index (χ1n) is 34.4. The molecule has 0 amide bonds. The maximum Gasteiger partial charge on any atom is 0.550 e. The lowest BCUT2D eigenvalue weighted by atomic mass is 9.45. The van der Waals surface area contributed by atoms with Crippen LogP contribution in [0.1, 0.15) is 166 Å². The maximum absolute atomic E-state index is 13.4. The topological polar surface area (TPSA) is 247 Å². The summed E-state index contributed by atoms with van der Waals surface area (Å²) in [5.74, 6) is -3.48. The molecule has 24 heteroatoms. The monoisotopic (exact) mass is 1450 g/mol. The molecule has 4 aromatic carbocycles. The molecule has 0 saturated heterocycles. The first kappa shape index (κ1) is 77.4. The Labute approximate surface area is 597 Å². The van der Waals surface area contributed by atoms with Crippen molar-refractivity contribution in [1.82, 2.24) is 0 Å². The Bertz CT molecular complexity index is 3240. The predicted octanol–water partition coefficient (Wildman–Crippen LogP) is 12.7. The van der Waals surface area contributed by atoms with E-state index in [1.165, 1.54) is 0 Å². The van der Waals surface area contributed by atoms with Gasteiger partial charge in [0.2, 0.25) is 0 Å². The van der Waals surface area contributed by atoms with Gasteiger partial charge in [0.1, 0.15) is 59.6 Å². The van der Waals surface area contributed by atoms with Crippen LogP contribution in [0.25, 0.3) is 0 Å². The lowest BCUT2D eigenvalue weighted by Crippen LogP contribution is -2.54.